The molecule has 0 saturated heterocycles. The fourth-order valence-electron chi connectivity index (χ4n) is 1.24. The maximum atomic E-state index is 10.1. The maximum Gasteiger partial charge on any atom is 0.123 e. The number of allylic oxidation sites excluding steroid dienone is 2. The molecule has 2 nitrogen and oxygen atoms in total. The minimum absolute atomic E-state index is 0.800. The Labute approximate surface area is 85.7 Å². The fraction of sp³-hybridized carbons (Fsp3) is 0.667. The van der Waals surface area contributed by atoms with Crippen molar-refractivity contribution in [2.75, 3.05) is 0 Å². The average Bonchev–Trinajstić information content (AvgIpc) is 2.22. The number of hydrogen-bond donors (Lipinski definition) is 0. The summed E-state index contributed by atoms with van der Waals surface area (Å²) < 4.78 is 0. The van der Waals surface area contributed by atoms with Crippen LogP contribution in [0, 0.1) is 0 Å². The van der Waals surface area contributed by atoms with Crippen LogP contribution in [0.3, 0.4) is 0 Å². The first-order valence-corrected chi connectivity index (χ1v) is 5.12. The van der Waals surface area contributed by atoms with E-state index in [1.807, 2.05) is 25.7 Å². The van der Waals surface area contributed by atoms with Crippen molar-refractivity contribution in [2.45, 2.75) is 52.4 Å². The summed E-state index contributed by atoms with van der Waals surface area (Å²) in [6, 6.07) is 0. The molecule has 0 bridgehead atoms. The minimum atomic E-state index is 0.800. The standard InChI is InChI=1S/C12H18O2/c1-11(9-13)7-5-3-4-6-8-12(2)10-14/h3-8H2,1-2H3. The fourth-order valence-corrected chi connectivity index (χ4v) is 1.24. The number of carbonyl (C=O) groups excluding carboxylic acids is 2. The van der Waals surface area contributed by atoms with Crippen LogP contribution in [0.25, 0.3) is 0 Å². The summed E-state index contributed by atoms with van der Waals surface area (Å²) in [4.78, 5) is 20.3. The molecule has 0 aromatic heterocycles. The van der Waals surface area contributed by atoms with Gasteiger partial charge in [0.2, 0.25) is 0 Å². The Morgan fingerprint density at radius 3 is 1.43 bits per heavy atom. The van der Waals surface area contributed by atoms with Crippen LogP contribution in [0.4, 0.5) is 0 Å². The Bertz CT molecular complexity index is 225. The quantitative estimate of drug-likeness (QED) is 0.461. The van der Waals surface area contributed by atoms with Gasteiger partial charge in [0, 0.05) is 11.1 Å². The lowest BCUT2D eigenvalue weighted by Gasteiger charge is -1.99. The van der Waals surface area contributed by atoms with Gasteiger partial charge in [-0.05, 0) is 39.5 Å². The molecule has 0 aliphatic rings. The Kier molecular flexibility index (Phi) is 7.83. The van der Waals surface area contributed by atoms with Crippen LogP contribution in [-0.2, 0) is 9.59 Å². The molecular formula is C12H18O2. The smallest absolute Gasteiger partial charge is 0.123 e. The summed E-state index contributed by atoms with van der Waals surface area (Å²) >= 11 is 0. The van der Waals surface area contributed by atoms with E-state index in [0.717, 1.165) is 49.7 Å². The molecule has 2 heteroatoms. The number of unbranched alkanes of at least 4 members (excludes halogenated alkanes) is 3. The van der Waals surface area contributed by atoms with Crippen molar-refractivity contribution in [1.29, 1.82) is 0 Å². The van der Waals surface area contributed by atoms with Crippen molar-refractivity contribution in [3.05, 3.63) is 11.1 Å². The van der Waals surface area contributed by atoms with E-state index in [1.165, 1.54) is 0 Å². The summed E-state index contributed by atoms with van der Waals surface area (Å²) in [5.41, 5.74) is 1.60. The molecule has 0 aliphatic carbocycles. The zero-order valence-corrected chi connectivity index (χ0v) is 9.06. The van der Waals surface area contributed by atoms with Crippen LogP contribution < -0.4 is 0 Å². The summed E-state index contributed by atoms with van der Waals surface area (Å²) in [6.07, 6.45) is 6.03. The molecule has 0 aromatic carbocycles. The highest BCUT2D eigenvalue weighted by Gasteiger charge is 1.94. The van der Waals surface area contributed by atoms with E-state index in [1.54, 1.807) is 0 Å². The van der Waals surface area contributed by atoms with E-state index in [-0.39, 0.29) is 0 Å². The highest BCUT2D eigenvalue weighted by molar-refractivity contribution is 5.51. The van der Waals surface area contributed by atoms with Gasteiger partial charge in [-0.3, -0.25) is 0 Å². The number of rotatable bonds is 7. The third kappa shape index (κ3) is 7.54. The van der Waals surface area contributed by atoms with Crippen LogP contribution in [-0.4, -0.2) is 11.9 Å². The van der Waals surface area contributed by atoms with Crippen molar-refractivity contribution >= 4 is 11.9 Å². The largest absolute Gasteiger partial charge is 0.234 e. The van der Waals surface area contributed by atoms with Crippen molar-refractivity contribution in [3.8, 4) is 0 Å². The Hall–Kier alpha value is -1.10. The number of hydrogen-bond acceptors (Lipinski definition) is 2. The molecular weight excluding hydrogens is 176 g/mol. The topological polar surface area (TPSA) is 34.1 Å². The normalized spacial score (nSPS) is 9.00. The van der Waals surface area contributed by atoms with Gasteiger partial charge in [0.05, 0.1) is 0 Å². The van der Waals surface area contributed by atoms with Gasteiger partial charge in [0.25, 0.3) is 0 Å². The van der Waals surface area contributed by atoms with Gasteiger partial charge in [-0.2, -0.15) is 0 Å². The van der Waals surface area contributed by atoms with Gasteiger partial charge in [0.1, 0.15) is 11.9 Å². The van der Waals surface area contributed by atoms with Crippen LogP contribution in [0.2, 0.25) is 0 Å². The Balaban J connectivity index is 3.31. The SMILES string of the molecule is CC(=C=O)CCCCCCC(C)=C=O. The van der Waals surface area contributed by atoms with Gasteiger partial charge in [0.15, 0.2) is 0 Å². The van der Waals surface area contributed by atoms with E-state index in [2.05, 4.69) is 0 Å². The van der Waals surface area contributed by atoms with Crippen LogP contribution in [0.1, 0.15) is 52.4 Å². The second-order valence-corrected chi connectivity index (χ2v) is 3.68. The Morgan fingerprint density at radius 1 is 0.786 bits per heavy atom. The molecule has 0 rings (SSSR count). The van der Waals surface area contributed by atoms with Crippen LogP contribution in [0.15, 0.2) is 11.1 Å². The summed E-state index contributed by atoms with van der Waals surface area (Å²) in [6.45, 7) is 3.62. The van der Waals surface area contributed by atoms with Crippen molar-refractivity contribution in [3.63, 3.8) is 0 Å². The van der Waals surface area contributed by atoms with Gasteiger partial charge in [-0.25, -0.2) is 9.59 Å². The van der Waals surface area contributed by atoms with Gasteiger partial charge < -0.3 is 0 Å². The second kappa shape index (κ2) is 8.50. The predicted octanol–water partition coefficient (Wildman–Crippen LogP) is 2.88. The lowest BCUT2D eigenvalue weighted by Crippen LogP contribution is -1.83. The molecule has 0 unspecified atom stereocenters. The minimum Gasteiger partial charge on any atom is -0.234 e. The molecule has 0 N–H and O–H groups in total. The van der Waals surface area contributed by atoms with E-state index in [0.29, 0.717) is 0 Å². The van der Waals surface area contributed by atoms with E-state index >= 15 is 0 Å². The first-order valence-electron chi connectivity index (χ1n) is 5.12. The molecule has 0 heterocycles. The van der Waals surface area contributed by atoms with E-state index in [9.17, 15) is 9.59 Å². The van der Waals surface area contributed by atoms with E-state index in [4.69, 9.17) is 0 Å². The lowest BCUT2D eigenvalue weighted by atomic mass is 10.1. The monoisotopic (exact) mass is 194 g/mol. The van der Waals surface area contributed by atoms with Gasteiger partial charge in [-0.1, -0.05) is 12.8 Å². The summed E-state index contributed by atoms with van der Waals surface area (Å²) in [7, 11) is 0. The third-order valence-corrected chi connectivity index (χ3v) is 2.20. The first kappa shape index (κ1) is 12.9. The zero-order chi connectivity index (χ0) is 10.8. The highest BCUT2D eigenvalue weighted by Crippen LogP contribution is 2.10. The molecule has 0 atom stereocenters. The predicted molar refractivity (Wildman–Crippen MR) is 57.5 cm³/mol. The molecule has 0 fully saturated rings. The van der Waals surface area contributed by atoms with Gasteiger partial charge >= 0.3 is 0 Å². The third-order valence-electron chi connectivity index (χ3n) is 2.20. The zero-order valence-electron chi connectivity index (χ0n) is 9.06. The summed E-state index contributed by atoms with van der Waals surface area (Å²) in [5, 5.41) is 0. The lowest BCUT2D eigenvalue weighted by molar-refractivity contribution is 0.562. The van der Waals surface area contributed by atoms with Crippen LogP contribution >= 0.6 is 0 Å². The van der Waals surface area contributed by atoms with E-state index < -0.39 is 0 Å². The Morgan fingerprint density at radius 2 is 1.14 bits per heavy atom. The molecule has 0 amide bonds. The van der Waals surface area contributed by atoms with Gasteiger partial charge in [-0.15, -0.1) is 0 Å². The highest BCUT2D eigenvalue weighted by atomic mass is 16.1. The first-order chi connectivity index (χ1) is 6.70. The molecule has 0 radical (unpaired) electrons. The molecule has 0 aromatic rings. The molecule has 0 saturated carbocycles. The second-order valence-electron chi connectivity index (χ2n) is 3.68. The molecule has 0 spiro atoms. The summed E-state index contributed by atoms with van der Waals surface area (Å²) in [5.74, 6) is 3.79. The van der Waals surface area contributed by atoms with Crippen molar-refractivity contribution < 1.29 is 9.59 Å². The van der Waals surface area contributed by atoms with Crippen LogP contribution in [0.5, 0.6) is 0 Å². The molecule has 78 valence electrons. The molecule has 14 heavy (non-hydrogen) atoms. The van der Waals surface area contributed by atoms with Crippen molar-refractivity contribution in [2.24, 2.45) is 0 Å². The average molecular weight is 194 g/mol. The van der Waals surface area contributed by atoms with Crippen molar-refractivity contribution in [1.82, 2.24) is 0 Å². The molecule has 0 aliphatic heterocycles. The maximum absolute atomic E-state index is 10.1.